The first-order valence-electron chi connectivity index (χ1n) is 5.12. The van der Waals surface area contributed by atoms with Gasteiger partial charge in [-0.15, -0.1) is 0 Å². The Morgan fingerprint density at radius 1 is 1.50 bits per heavy atom. The monoisotopic (exact) mass is 238 g/mol. The highest BCUT2D eigenvalue weighted by atomic mass is 35.5. The highest BCUT2D eigenvalue weighted by molar-refractivity contribution is 6.32. The second-order valence-electron chi connectivity index (χ2n) is 3.74. The van der Waals surface area contributed by atoms with Crippen LogP contribution in [0.1, 0.15) is 34.0 Å². The lowest BCUT2D eigenvalue weighted by Gasteiger charge is -2.12. The van der Waals surface area contributed by atoms with Crippen molar-refractivity contribution in [3.05, 3.63) is 45.5 Å². The third kappa shape index (κ3) is 2.45. The predicted molar refractivity (Wildman–Crippen MR) is 66.4 cm³/mol. The van der Waals surface area contributed by atoms with Crippen LogP contribution in [0.15, 0.2) is 18.2 Å². The number of carboxylic acid groups (broad SMARTS) is 1. The van der Waals surface area contributed by atoms with Gasteiger partial charge in [0.1, 0.15) is 0 Å². The summed E-state index contributed by atoms with van der Waals surface area (Å²) in [5.41, 5.74) is 2.80. The van der Waals surface area contributed by atoms with Crippen molar-refractivity contribution in [2.24, 2.45) is 0 Å². The van der Waals surface area contributed by atoms with Gasteiger partial charge in [0.05, 0.1) is 5.56 Å². The highest BCUT2D eigenvalue weighted by Gasteiger charge is 2.15. The van der Waals surface area contributed by atoms with E-state index in [0.717, 1.165) is 16.7 Å². The summed E-state index contributed by atoms with van der Waals surface area (Å²) in [5.74, 6) is -0.901. The number of benzene rings is 1. The van der Waals surface area contributed by atoms with Crippen molar-refractivity contribution in [3.63, 3.8) is 0 Å². The second kappa shape index (κ2) is 5.17. The van der Waals surface area contributed by atoms with Crippen molar-refractivity contribution in [1.29, 1.82) is 0 Å². The standard InChI is InChI=1S/C13H15ClO2/c1-4-5-6-10-9(3)12(14)8(2)7-11(10)13(15)16/h4-5,7H,6H2,1-3H3,(H,15,16). The van der Waals surface area contributed by atoms with Crippen LogP contribution in [0.2, 0.25) is 5.02 Å². The zero-order chi connectivity index (χ0) is 12.3. The molecule has 1 rings (SSSR count). The Morgan fingerprint density at radius 3 is 2.62 bits per heavy atom. The topological polar surface area (TPSA) is 37.3 Å². The maximum absolute atomic E-state index is 11.1. The second-order valence-corrected chi connectivity index (χ2v) is 4.11. The van der Waals surface area contributed by atoms with Crippen LogP contribution in [0.4, 0.5) is 0 Å². The molecule has 0 atom stereocenters. The van der Waals surface area contributed by atoms with Crippen LogP contribution in [-0.2, 0) is 6.42 Å². The molecular weight excluding hydrogens is 224 g/mol. The number of carbonyl (C=O) groups is 1. The summed E-state index contributed by atoms with van der Waals surface area (Å²) in [6.45, 7) is 5.59. The van der Waals surface area contributed by atoms with Gasteiger partial charge >= 0.3 is 5.97 Å². The van der Waals surface area contributed by atoms with E-state index in [1.165, 1.54) is 0 Å². The molecule has 0 fully saturated rings. The Labute approximate surface area is 101 Å². The van der Waals surface area contributed by atoms with Gasteiger partial charge in [-0.2, -0.15) is 0 Å². The molecule has 0 bridgehead atoms. The number of aromatic carboxylic acids is 1. The summed E-state index contributed by atoms with van der Waals surface area (Å²) in [5, 5.41) is 9.79. The van der Waals surface area contributed by atoms with E-state index in [9.17, 15) is 4.79 Å². The smallest absolute Gasteiger partial charge is 0.335 e. The first-order valence-corrected chi connectivity index (χ1v) is 5.49. The van der Waals surface area contributed by atoms with Crippen LogP contribution < -0.4 is 0 Å². The molecule has 86 valence electrons. The van der Waals surface area contributed by atoms with Gasteiger partial charge in [0.25, 0.3) is 0 Å². The molecular formula is C13H15ClO2. The maximum Gasteiger partial charge on any atom is 0.335 e. The number of allylic oxidation sites excluding steroid dienone is 2. The molecule has 0 aliphatic carbocycles. The van der Waals surface area contributed by atoms with Crippen molar-refractivity contribution >= 4 is 17.6 Å². The molecule has 0 radical (unpaired) electrons. The summed E-state index contributed by atoms with van der Waals surface area (Å²) in [7, 11) is 0. The lowest BCUT2D eigenvalue weighted by molar-refractivity contribution is 0.0695. The van der Waals surface area contributed by atoms with Gasteiger partial charge in [0.15, 0.2) is 0 Å². The fourth-order valence-corrected chi connectivity index (χ4v) is 1.86. The van der Waals surface area contributed by atoms with Crippen LogP contribution in [0.25, 0.3) is 0 Å². The molecule has 0 aromatic heterocycles. The molecule has 0 amide bonds. The van der Waals surface area contributed by atoms with E-state index in [2.05, 4.69) is 0 Å². The number of aryl methyl sites for hydroxylation is 1. The minimum absolute atomic E-state index is 0.345. The molecule has 16 heavy (non-hydrogen) atoms. The maximum atomic E-state index is 11.1. The summed E-state index contributed by atoms with van der Waals surface area (Å²) in [4.78, 5) is 11.1. The van der Waals surface area contributed by atoms with Crippen LogP contribution in [0.5, 0.6) is 0 Å². The van der Waals surface area contributed by atoms with E-state index in [1.54, 1.807) is 6.07 Å². The van der Waals surface area contributed by atoms with Crippen molar-refractivity contribution in [2.45, 2.75) is 27.2 Å². The molecule has 0 aliphatic heterocycles. The van der Waals surface area contributed by atoms with Gasteiger partial charge in [0, 0.05) is 5.02 Å². The van der Waals surface area contributed by atoms with Crippen LogP contribution in [-0.4, -0.2) is 11.1 Å². The van der Waals surface area contributed by atoms with E-state index < -0.39 is 5.97 Å². The van der Waals surface area contributed by atoms with Crippen LogP contribution in [0.3, 0.4) is 0 Å². The van der Waals surface area contributed by atoms with Crippen molar-refractivity contribution in [3.8, 4) is 0 Å². The lowest BCUT2D eigenvalue weighted by atomic mass is 9.96. The molecule has 1 N–H and O–H groups in total. The Morgan fingerprint density at radius 2 is 2.12 bits per heavy atom. The van der Waals surface area contributed by atoms with Crippen LogP contribution in [0, 0.1) is 13.8 Å². The largest absolute Gasteiger partial charge is 0.478 e. The Hall–Kier alpha value is -1.28. The first-order chi connectivity index (χ1) is 7.49. The molecule has 1 aromatic rings. The van der Waals surface area contributed by atoms with Crippen molar-refractivity contribution in [2.75, 3.05) is 0 Å². The van der Waals surface area contributed by atoms with Crippen molar-refractivity contribution in [1.82, 2.24) is 0 Å². The van der Waals surface area contributed by atoms with Gasteiger partial charge in [-0.25, -0.2) is 4.79 Å². The van der Waals surface area contributed by atoms with Crippen LogP contribution >= 0.6 is 11.6 Å². The molecule has 0 aliphatic rings. The summed E-state index contributed by atoms with van der Waals surface area (Å²) in [6.07, 6.45) is 4.43. The van der Waals surface area contributed by atoms with E-state index >= 15 is 0 Å². The number of hydrogen-bond donors (Lipinski definition) is 1. The van der Waals surface area contributed by atoms with Crippen molar-refractivity contribution < 1.29 is 9.90 Å². The summed E-state index contributed by atoms with van der Waals surface area (Å²) < 4.78 is 0. The van der Waals surface area contributed by atoms with E-state index in [4.69, 9.17) is 16.7 Å². The van der Waals surface area contributed by atoms with Gasteiger partial charge in [0.2, 0.25) is 0 Å². The van der Waals surface area contributed by atoms with E-state index in [0.29, 0.717) is 17.0 Å². The van der Waals surface area contributed by atoms with Gasteiger partial charge in [-0.3, -0.25) is 0 Å². The van der Waals surface area contributed by atoms with Gasteiger partial charge in [-0.1, -0.05) is 23.8 Å². The quantitative estimate of drug-likeness (QED) is 0.814. The lowest BCUT2D eigenvalue weighted by Crippen LogP contribution is -2.05. The fourth-order valence-electron chi connectivity index (χ4n) is 1.69. The number of carboxylic acids is 1. The summed E-state index contributed by atoms with van der Waals surface area (Å²) in [6, 6.07) is 1.64. The first kappa shape index (κ1) is 12.8. The third-order valence-corrected chi connectivity index (χ3v) is 3.18. The Balaban J connectivity index is 3.41. The number of halogens is 1. The normalized spacial score (nSPS) is 11.0. The predicted octanol–water partition coefficient (Wildman–Crippen LogP) is 3.77. The average molecular weight is 239 g/mol. The molecule has 3 heteroatoms. The SMILES string of the molecule is CC=CCc1c(C(=O)O)cc(C)c(Cl)c1C. The number of hydrogen-bond acceptors (Lipinski definition) is 1. The highest BCUT2D eigenvalue weighted by Crippen LogP contribution is 2.27. The molecule has 1 aromatic carbocycles. The Kier molecular flexibility index (Phi) is 4.13. The van der Waals surface area contributed by atoms with Gasteiger partial charge in [-0.05, 0) is 49.9 Å². The number of rotatable bonds is 3. The fraction of sp³-hybridized carbons (Fsp3) is 0.308. The zero-order valence-corrected chi connectivity index (χ0v) is 10.4. The Bertz CT molecular complexity index is 448. The molecule has 0 saturated heterocycles. The average Bonchev–Trinajstić information content (AvgIpc) is 2.24. The van der Waals surface area contributed by atoms with E-state index in [1.807, 2.05) is 32.9 Å². The van der Waals surface area contributed by atoms with E-state index in [-0.39, 0.29) is 0 Å². The zero-order valence-electron chi connectivity index (χ0n) is 9.67. The minimum Gasteiger partial charge on any atom is -0.478 e. The molecule has 0 spiro atoms. The summed E-state index contributed by atoms with van der Waals surface area (Å²) >= 11 is 6.12. The molecule has 0 saturated carbocycles. The van der Waals surface area contributed by atoms with Gasteiger partial charge < -0.3 is 5.11 Å². The molecule has 0 heterocycles. The molecule has 2 nitrogen and oxygen atoms in total. The minimum atomic E-state index is -0.901. The third-order valence-electron chi connectivity index (χ3n) is 2.60. The molecule has 0 unspecified atom stereocenters.